The first-order chi connectivity index (χ1) is 31.4. The maximum atomic E-state index is 12.4. The number of hydrogen-bond donors (Lipinski definition) is 2. The molecular weight excluding hydrogens is 876 g/mol. The van der Waals surface area contributed by atoms with E-state index in [0.29, 0.717) is 33.0 Å². The van der Waals surface area contributed by atoms with Crippen molar-refractivity contribution in [2.75, 3.05) is 26.8 Å². The third kappa shape index (κ3) is 14.4. The average Bonchev–Trinajstić information content (AvgIpc) is 3.27. The molecule has 4 aliphatic rings. The van der Waals surface area contributed by atoms with Gasteiger partial charge >= 0.3 is 35.5 Å². The summed E-state index contributed by atoms with van der Waals surface area (Å²) in [5.41, 5.74) is 8.00. The predicted molar refractivity (Wildman–Crippen MR) is 257 cm³/mol. The Hall–Kier alpha value is -4.29. The minimum atomic E-state index is -0.792. The first kappa shape index (κ1) is 54.7. The summed E-state index contributed by atoms with van der Waals surface area (Å²) >= 11 is 0. The largest absolute Gasteiger partial charge is 1.00 e. The van der Waals surface area contributed by atoms with Gasteiger partial charge in [0.05, 0.1) is 40.1 Å². The van der Waals surface area contributed by atoms with E-state index >= 15 is 0 Å². The molecule has 0 spiro atoms. The number of ether oxygens (including phenoxy) is 9. The summed E-state index contributed by atoms with van der Waals surface area (Å²) in [5.74, 6) is 0.377. The molecule has 0 aromatic heterocycles. The topological polar surface area (TPSA) is 157 Å². The minimum absolute atomic E-state index is 0. The number of carbonyl (C=O) groups is 1. The predicted octanol–water partition coefficient (Wildman–Crippen LogP) is 5.10. The van der Waals surface area contributed by atoms with Gasteiger partial charge in [0, 0.05) is 135 Å². The summed E-state index contributed by atoms with van der Waals surface area (Å²) in [6.45, 7) is 18.8. The van der Waals surface area contributed by atoms with Crippen LogP contribution < -0.4 is 53.8 Å². The molecular formula is C52H66BN3NaO11. The Morgan fingerprint density at radius 3 is 1.90 bits per heavy atom. The van der Waals surface area contributed by atoms with Crippen LogP contribution in [0.15, 0.2) is 82.8 Å². The zero-order valence-electron chi connectivity index (χ0n) is 42.3. The number of fused-ring (bicyclic) bond motifs is 4. The van der Waals surface area contributed by atoms with Crippen LogP contribution in [0, 0.1) is 5.92 Å². The first-order valence-corrected chi connectivity index (χ1v) is 22.6. The van der Waals surface area contributed by atoms with Crippen molar-refractivity contribution in [1.29, 1.82) is 0 Å². The van der Waals surface area contributed by atoms with Gasteiger partial charge in [-0.25, -0.2) is 4.79 Å². The number of aliphatic hydroxyl groups is 1. The normalized spacial score (nSPS) is 18.6. The van der Waals surface area contributed by atoms with Crippen molar-refractivity contribution in [2.45, 2.75) is 130 Å². The monoisotopic (exact) mass is 942 g/mol. The van der Waals surface area contributed by atoms with Crippen molar-refractivity contribution in [3.8, 4) is 23.0 Å². The average molecular weight is 943 g/mol. The third-order valence-electron chi connectivity index (χ3n) is 11.6. The fourth-order valence-electron chi connectivity index (χ4n) is 7.93. The molecule has 14 nitrogen and oxygen atoms in total. The molecule has 4 aliphatic heterocycles. The van der Waals surface area contributed by atoms with E-state index < -0.39 is 35.2 Å². The van der Waals surface area contributed by atoms with Crippen LogP contribution >= 0.6 is 0 Å². The van der Waals surface area contributed by atoms with Gasteiger partial charge in [0.25, 0.3) is 0 Å². The summed E-state index contributed by atoms with van der Waals surface area (Å²) in [4.78, 5) is 21.3. The Kier molecular flexibility index (Phi) is 18.9. The Labute approximate surface area is 426 Å². The minimum Gasteiger partial charge on any atom is -1.00 e. The second-order valence-corrected chi connectivity index (χ2v) is 18.7. The molecule has 2 atom stereocenters. The van der Waals surface area contributed by atoms with Gasteiger partial charge in [-0.3, -0.25) is 9.98 Å². The molecule has 0 saturated heterocycles. The van der Waals surface area contributed by atoms with E-state index in [1.54, 1.807) is 12.4 Å². The number of hydrogen-bond acceptors (Lipinski definition) is 14. The van der Waals surface area contributed by atoms with Gasteiger partial charge in [-0.2, -0.15) is 0 Å². The molecule has 0 bridgehead atoms. The third-order valence-corrected chi connectivity index (χ3v) is 11.6. The van der Waals surface area contributed by atoms with Gasteiger partial charge in [0.2, 0.25) is 23.1 Å². The van der Waals surface area contributed by atoms with Gasteiger partial charge in [-0.15, -0.1) is 0 Å². The molecule has 0 fully saturated rings. The first-order valence-electron chi connectivity index (χ1n) is 22.6. The SMILES string of the molecule is CC1(C)OCc2c(CCC(CO)CNCc3cccc4c3OC(C)(C)OC4)cccc2O1.COC(=O)C(CN=Cc1cccc2c1OC(C)(C)OC2)N=Cc1cccc2c1COC(C)(C)O2.[B].[H-].[Na+]. The standard InChI is InChI=1S/C26H30N2O6.C26H35NO5.B.Na.H/c1-25(2)32-16-20-17(8-7-11-22(20)33-25)13-28-21(24(29)30-5)14-27-12-18-9-6-10-19-15-31-26(3,4)34-23(18)19;1-25(2)30-17-22-19(7-6-10-23(22)31-25)12-11-18(15-28)13-27-14-20-8-5-9-21-16-29-26(3,4)32-24(20)21;;;/h6-13,21H,14-16H2,1-5H3;5-10,18,27-28H,11-17H2,1-4H3;;;/q;;;+1;-1. The quantitative estimate of drug-likeness (QED) is 0.0982. The number of para-hydroxylation sites is 2. The molecule has 8 rings (SSSR count). The number of esters is 1. The van der Waals surface area contributed by atoms with Crippen LogP contribution in [0.3, 0.4) is 0 Å². The fourth-order valence-corrected chi connectivity index (χ4v) is 7.93. The molecule has 4 heterocycles. The number of benzene rings is 4. The Morgan fingerprint density at radius 2 is 1.24 bits per heavy atom. The maximum Gasteiger partial charge on any atom is 1.00 e. The van der Waals surface area contributed by atoms with Gasteiger partial charge in [0.1, 0.15) is 23.0 Å². The van der Waals surface area contributed by atoms with Crippen molar-refractivity contribution in [3.63, 3.8) is 0 Å². The van der Waals surface area contributed by atoms with Crippen molar-refractivity contribution in [3.05, 3.63) is 117 Å². The molecule has 2 N–H and O–H groups in total. The van der Waals surface area contributed by atoms with Crippen LogP contribution in [0.2, 0.25) is 0 Å². The Balaban J connectivity index is 0.000000288. The molecule has 68 heavy (non-hydrogen) atoms. The molecule has 2 unspecified atom stereocenters. The summed E-state index contributed by atoms with van der Waals surface area (Å²) in [6.07, 6.45) is 5.10. The Morgan fingerprint density at radius 1 is 0.706 bits per heavy atom. The molecule has 0 aliphatic carbocycles. The van der Waals surface area contributed by atoms with Gasteiger partial charge in [-0.1, -0.05) is 54.6 Å². The van der Waals surface area contributed by atoms with Crippen LogP contribution in [-0.4, -0.2) is 87.9 Å². The molecule has 0 saturated carbocycles. The smallest absolute Gasteiger partial charge is 1.00 e. The van der Waals surface area contributed by atoms with Crippen LogP contribution in [0.25, 0.3) is 0 Å². The van der Waals surface area contributed by atoms with Crippen molar-refractivity contribution >= 4 is 26.8 Å². The summed E-state index contributed by atoms with van der Waals surface area (Å²) in [7, 11) is 1.34. The molecule has 0 amide bonds. The summed E-state index contributed by atoms with van der Waals surface area (Å²) < 4.78 is 51.9. The van der Waals surface area contributed by atoms with E-state index in [1.165, 1.54) is 12.7 Å². The molecule has 4 aromatic rings. The van der Waals surface area contributed by atoms with E-state index in [0.717, 1.165) is 81.3 Å². The number of nitrogens with one attached hydrogen (secondary N) is 1. The van der Waals surface area contributed by atoms with E-state index in [9.17, 15) is 9.90 Å². The number of nitrogens with zero attached hydrogens (tertiary/aromatic N) is 2. The van der Waals surface area contributed by atoms with Crippen LogP contribution in [-0.2, 0) is 67.9 Å². The van der Waals surface area contributed by atoms with Crippen LogP contribution in [0.4, 0.5) is 0 Å². The zero-order chi connectivity index (χ0) is 47.1. The van der Waals surface area contributed by atoms with Crippen LogP contribution in [0.1, 0.15) is 108 Å². The molecule has 4 aromatic carbocycles. The number of rotatable bonds is 14. The van der Waals surface area contributed by atoms with E-state index in [4.69, 9.17) is 42.6 Å². The van der Waals surface area contributed by atoms with Gasteiger partial charge in [-0.05, 0) is 42.5 Å². The van der Waals surface area contributed by atoms with E-state index in [1.807, 2.05) is 116 Å². The zero-order valence-corrected chi connectivity index (χ0v) is 43.3. The second kappa shape index (κ2) is 23.5. The number of aliphatic imine (C=N–C) groups is 2. The fraction of sp³-hybridized carbons (Fsp3) is 0.481. The number of aliphatic hydroxyl groups excluding tert-OH is 1. The number of carbonyl (C=O) groups excluding carboxylic acids is 1. The van der Waals surface area contributed by atoms with Crippen molar-refractivity contribution < 1.29 is 83.5 Å². The Bertz CT molecular complexity index is 2410. The van der Waals surface area contributed by atoms with Crippen molar-refractivity contribution in [2.24, 2.45) is 15.9 Å². The van der Waals surface area contributed by atoms with E-state index in [2.05, 4.69) is 27.4 Å². The molecule has 3 radical (unpaired) electrons. The van der Waals surface area contributed by atoms with E-state index in [-0.39, 0.29) is 58.5 Å². The van der Waals surface area contributed by atoms with Gasteiger partial charge < -0.3 is 54.5 Å². The number of methoxy groups -OCH3 is 1. The summed E-state index contributed by atoms with van der Waals surface area (Å²) in [6, 6.07) is 23.0. The molecule has 16 heteroatoms. The second-order valence-electron chi connectivity index (χ2n) is 18.7. The summed E-state index contributed by atoms with van der Waals surface area (Å²) in [5, 5.41) is 13.4. The van der Waals surface area contributed by atoms with Crippen molar-refractivity contribution in [1.82, 2.24) is 5.32 Å². The number of aryl methyl sites for hydroxylation is 1. The maximum absolute atomic E-state index is 12.4. The van der Waals surface area contributed by atoms with Crippen LogP contribution in [0.5, 0.6) is 23.0 Å². The van der Waals surface area contributed by atoms with Gasteiger partial charge in [0.15, 0.2) is 6.04 Å². The molecule has 359 valence electrons.